The van der Waals surface area contributed by atoms with Crippen molar-refractivity contribution in [2.75, 3.05) is 7.11 Å². The van der Waals surface area contributed by atoms with E-state index in [9.17, 15) is 26.3 Å². The largest absolute Gasteiger partial charge is 0.496 e. The smallest absolute Gasteiger partial charge is 0.420 e. The van der Waals surface area contributed by atoms with Crippen LogP contribution in [0.25, 0.3) is 0 Å². The van der Waals surface area contributed by atoms with Crippen LogP contribution in [0.5, 0.6) is 5.75 Å². The molecule has 1 nitrogen and oxygen atoms in total. The van der Waals surface area contributed by atoms with Crippen molar-refractivity contribution in [1.82, 2.24) is 0 Å². The SMILES string of the molecule is CCCCCC1CCC(c2ccc(OC)c(C(F)(F)F)c2C(F)(F)F)CC1. The lowest BCUT2D eigenvalue weighted by atomic mass is 9.75. The highest BCUT2D eigenvalue weighted by atomic mass is 19.4. The van der Waals surface area contributed by atoms with E-state index in [1.807, 2.05) is 0 Å². The van der Waals surface area contributed by atoms with E-state index in [1.54, 1.807) is 0 Å². The van der Waals surface area contributed by atoms with Crippen LogP contribution in [-0.4, -0.2) is 7.11 Å². The van der Waals surface area contributed by atoms with Gasteiger partial charge in [-0.15, -0.1) is 0 Å². The summed E-state index contributed by atoms with van der Waals surface area (Å²) < 4.78 is 85.8. The molecule has 1 aromatic carbocycles. The van der Waals surface area contributed by atoms with Crippen LogP contribution in [0.15, 0.2) is 12.1 Å². The van der Waals surface area contributed by atoms with Gasteiger partial charge in [0.1, 0.15) is 11.3 Å². The van der Waals surface area contributed by atoms with Gasteiger partial charge in [-0.1, -0.05) is 38.7 Å². The van der Waals surface area contributed by atoms with Crippen LogP contribution in [0.3, 0.4) is 0 Å². The van der Waals surface area contributed by atoms with E-state index in [4.69, 9.17) is 0 Å². The van der Waals surface area contributed by atoms with E-state index >= 15 is 0 Å². The van der Waals surface area contributed by atoms with Gasteiger partial charge in [-0.25, -0.2) is 0 Å². The summed E-state index contributed by atoms with van der Waals surface area (Å²) in [6.07, 6.45) is -3.34. The molecule has 0 amide bonds. The molecule has 2 rings (SSSR count). The maximum Gasteiger partial charge on any atom is 0.420 e. The fourth-order valence-corrected chi connectivity index (χ4v) is 4.14. The minimum Gasteiger partial charge on any atom is -0.496 e. The molecule has 154 valence electrons. The first kappa shape index (κ1) is 21.9. The lowest BCUT2D eigenvalue weighted by molar-refractivity contribution is -0.163. The number of halogens is 6. The molecule has 1 aromatic rings. The van der Waals surface area contributed by atoms with Crippen molar-refractivity contribution >= 4 is 0 Å². The first-order chi connectivity index (χ1) is 12.6. The molecule has 0 bridgehead atoms. The van der Waals surface area contributed by atoms with Gasteiger partial charge in [-0.2, -0.15) is 26.3 Å². The second kappa shape index (κ2) is 8.74. The van der Waals surface area contributed by atoms with Crippen LogP contribution in [0, 0.1) is 5.92 Å². The topological polar surface area (TPSA) is 9.23 Å². The van der Waals surface area contributed by atoms with Gasteiger partial charge in [0.2, 0.25) is 0 Å². The average Bonchev–Trinajstić information content (AvgIpc) is 2.60. The zero-order valence-corrected chi connectivity index (χ0v) is 15.6. The van der Waals surface area contributed by atoms with Gasteiger partial charge in [0.15, 0.2) is 0 Å². The third kappa shape index (κ3) is 5.32. The number of ether oxygens (including phenoxy) is 1. The third-order valence-electron chi connectivity index (χ3n) is 5.49. The number of alkyl halides is 6. The van der Waals surface area contributed by atoms with Crippen molar-refractivity contribution in [2.24, 2.45) is 5.92 Å². The quantitative estimate of drug-likeness (QED) is 0.356. The van der Waals surface area contributed by atoms with Crippen LogP contribution in [0.1, 0.15) is 80.9 Å². The number of hydrogen-bond donors (Lipinski definition) is 0. The summed E-state index contributed by atoms with van der Waals surface area (Å²) >= 11 is 0. The normalized spacial score (nSPS) is 21.3. The molecule has 0 atom stereocenters. The lowest BCUT2D eigenvalue weighted by Crippen LogP contribution is -2.23. The summed E-state index contributed by atoms with van der Waals surface area (Å²) in [5.74, 6) is -0.828. The first-order valence-electron chi connectivity index (χ1n) is 9.44. The van der Waals surface area contributed by atoms with E-state index in [1.165, 1.54) is 6.07 Å². The summed E-state index contributed by atoms with van der Waals surface area (Å²) in [6, 6.07) is 2.18. The molecule has 0 heterocycles. The Bertz CT molecular complexity index is 612. The van der Waals surface area contributed by atoms with Gasteiger partial charge >= 0.3 is 12.4 Å². The highest BCUT2D eigenvalue weighted by molar-refractivity contribution is 5.50. The predicted octanol–water partition coefficient (Wildman–Crippen LogP) is 7.59. The molecule has 0 spiro atoms. The molecule has 0 unspecified atom stereocenters. The second-order valence-corrected chi connectivity index (χ2v) is 7.32. The molecule has 1 saturated carbocycles. The van der Waals surface area contributed by atoms with Crippen LogP contribution >= 0.6 is 0 Å². The van der Waals surface area contributed by atoms with E-state index in [0.717, 1.165) is 51.7 Å². The fraction of sp³-hybridized carbons (Fsp3) is 0.700. The molecule has 27 heavy (non-hydrogen) atoms. The molecule has 1 fully saturated rings. The summed E-state index contributed by atoms with van der Waals surface area (Å²) in [5, 5.41) is 0. The Kier molecular flexibility index (Phi) is 7.09. The first-order valence-corrected chi connectivity index (χ1v) is 9.44. The highest BCUT2D eigenvalue weighted by Crippen LogP contribution is 2.50. The van der Waals surface area contributed by atoms with Crippen molar-refractivity contribution in [1.29, 1.82) is 0 Å². The van der Waals surface area contributed by atoms with E-state index in [-0.39, 0.29) is 5.56 Å². The number of methoxy groups -OCH3 is 1. The van der Waals surface area contributed by atoms with Crippen LogP contribution in [0.2, 0.25) is 0 Å². The van der Waals surface area contributed by atoms with Gasteiger partial charge in [0.25, 0.3) is 0 Å². The Morgan fingerprint density at radius 2 is 1.48 bits per heavy atom. The number of hydrogen-bond acceptors (Lipinski definition) is 1. The number of unbranched alkanes of at least 4 members (excludes halogenated alkanes) is 2. The lowest BCUT2D eigenvalue weighted by Gasteiger charge is -2.31. The van der Waals surface area contributed by atoms with Crippen LogP contribution < -0.4 is 4.74 Å². The number of benzene rings is 1. The van der Waals surface area contributed by atoms with Gasteiger partial charge in [-0.3, -0.25) is 0 Å². The Labute approximate surface area is 156 Å². The third-order valence-corrected chi connectivity index (χ3v) is 5.49. The minimum absolute atomic E-state index is 0.248. The molecule has 0 aromatic heterocycles. The molecule has 0 aliphatic heterocycles. The van der Waals surface area contributed by atoms with E-state index in [0.29, 0.717) is 18.8 Å². The van der Waals surface area contributed by atoms with Gasteiger partial charge < -0.3 is 4.74 Å². The van der Waals surface area contributed by atoms with Crippen molar-refractivity contribution < 1.29 is 31.1 Å². The Balaban J connectivity index is 2.33. The molecule has 0 radical (unpaired) electrons. The molecule has 0 saturated heterocycles. The van der Waals surface area contributed by atoms with Gasteiger partial charge in [-0.05, 0) is 49.1 Å². The monoisotopic (exact) mass is 396 g/mol. The Hall–Kier alpha value is -1.40. The van der Waals surface area contributed by atoms with Crippen LogP contribution in [0.4, 0.5) is 26.3 Å². The van der Waals surface area contributed by atoms with Gasteiger partial charge in [0.05, 0.1) is 12.7 Å². The maximum atomic E-state index is 13.6. The molecule has 1 aliphatic rings. The van der Waals surface area contributed by atoms with Gasteiger partial charge in [0, 0.05) is 0 Å². The standard InChI is InChI=1S/C20H26F6O/c1-3-4-5-6-13-7-9-14(10-8-13)15-11-12-16(27-2)18(20(24,25)26)17(15)19(21,22)23/h11-14H,3-10H2,1-2H3. The molecule has 0 N–H and O–H groups in total. The number of rotatable bonds is 6. The Morgan fingerprint density at radius 1 is 0.889 bits per heavy atom. The maximum absolute atomic E-state index is 13.6. The average molecular weight is 396 g/mol. The fourth-order valence-electron chi connectivity index (χ4n) is 4.14. The van der Waals surface area contributed by atoms with E-state index < -0.39 is 35.1 Å². The Morgan fingerprint density at radius 3 is 1.96 bits per heavy atom. The zero-order valence-electron chi connectivity index (χ0n) is 15.6. The van der Waals surface area contributed by atoms with Crippen LogP contribution in [-0.2, 0) is 12.4 Å². The molecular weight excluding hydrogens is 370 g/mol. The van der Waals surface area contributed by atoms with E-state index in [2.05, 4.69) is 11.7 Å². The minimum atomic E-state index is -5.14. The second-order valence-electron chi connectivity index (χ2n) is 7.32. The van der Waals surface area contributed by atoms with Crippen molar-refractivity contribution in [3.05, 3.63) is 28.8 Å². The zero-order chi connectivity index (χ0) is 20.2. The highest BCUT2D eigenvalue weighted by Gasteiger charge is 2.48. The summed E-state index contributed by atoms with van der Waals surface area (Å²) in [7, 11) is 0.950. The molecule has 1 aliphatic carbocycles. The summed E-state index contributed by atoms with van der Waals surface area (Å²) in [5.41, 5.74) is -3.54. The summed E-state index contributed by atoms with van der Waals surface area (Å²) in [6.45, 7) is 2.11. The van der Waals surface area contributed by atoms with Crippen molar-refractivity contribution in [2.45, 2.75) is 76.6 Å². The van der Waals surface area contributed by atoms with Crippen molar-refractivity contribution in [3.63, 3.8) is 0 Å². The van der Waals surface area contributed by atoms with Crippen molar-refractivity contribution in [3.8, 4) is 5.75 Å². The molecule has 7 heteroatoms. The predicted molar refractivity (Wildman–Crippen MR) is 91.8 cm³/mol. The summed E-state index contributed by atoms with van der Waals surface area (Å²) in [4.78, 5) is 0. The molecular formula is C20H26F6O.